The Morgan fingerprint density at radius 1 is 1.13 bits per heavy atom. The number of amides is 2. The third kappa shape index (κ3) is 2.50. The van der Waals surface area contributed by atoms with Crippen LogP contribution in [0, 0.1) is 0 Å². The topological polar surface area (TPSA) is 87.0 Å². The minimum atomic E-state index is -0.407. The van der Waals surface area contributed by atoms with Gasteiger partial charge < -0.3 is 5.11 Å². The second-order valence-corrected chi connectivity index (χ2v) is 5.30. The standard InChI is InChI=1S/C16H9ClN2O4/c17-12-5-9(6-13(14(12)21)18-8-20)7-19-15(22)10-3-1-2-4-11(10)16(19)23/h1-6,21H,7H2. The maximum Gasteiger partial charge on any atom is 0.261 e. The van der Waals surface area contributed by atoms with Gasteiger partial charge in [0.25, 0.3) is 11.8 Å². The van der Waals surface area contributed by atoms with Crippen LogP contribution in [0.3, 0.4) is 0 Å². The molecule has 0 radical (unpaired) electrons. The first-order valence-corrected chi connectivity index (χ1v) is 6.95. The Labute approximate surface area is 135 Å². The Morgan fingerprint density at radius 3 is 2.30 bits per heavy atom. The molecular weight excluding hydrogens is 320 g/mol. The molecule has 2 aromatic carbocycles. The van der Waals surface area contributed by atoms with Gasteiger partial charge in [-0.05, 0) is 29.8 Å². The summed E-state index contributed by atoms with van der Waals surface area (Å²) in [5, 5.41) is 9.67. The van der Waals surface area contributed by atoms with E-state index in [-0.39, 0.29) is 23.0 Å². The summed E-state index contributed by atoms with van der Waals surface area (Å²) in [6.07, 6.45) is 1.31. The smallest absolute Gasteiger partial charge is 0.261 e. The van der Waals surface area contributed by atoms with Crippen LogP contribution in [0.15, 0.2) is 41.4 Å². The van der Waals surface area contributed by atoms with Gasteiger partial charge in [-0.2, -0.15) is 4.99 Å². The Morgan fingerprint density at radius 2 is 1.74 bits per heavy atom. The highest BCUT2D eigenvalue weighted by atomic mass is 35.5. The summed E-state index contributed by atoms with van der Waals surface area (Å²) >= 11 is 5.87. The first-order chi connectivity index (χ1) is 11.0. The van der Waals surface area contributed by atoms with Gasteiger partial charge >= 0.3 is 0 Å². The molecule has 1 aliphatic heterocycles. The maximum atomic E-state index is 12.3. The zero-order valence-corrected chi connectivity index (χ0v) is 12.4. The molecule has 23 heavy (non-hydrogen) atoms. The van der Waals surface area contributed by atoms with Crippen LogP contribution in [-0.4, -0.2) is 27.9 Å². The summed E-state index contributed by atoms with van der Waals surface area (Å²) in [6, 6.07) is 9.31. The molecule has 0 aromatic heterocycles. The Hall–Kier alpha value is -2.95. The maximum absolute atomic E-state index is 12.3. The van der Waals surface area contributed by atoms with E-state index in [2.05, 4.69) is 4.99 Å². The van der Waals surface area contributed by atoms with Crippen LogP contribution in [0.25, 0.3) is 0 Å². The second-order valence-electron chi connectivity index (χ2n) is 4.89. The van der Waals surface area contributed by atoms with Crippen molar-refractivity contribution in [3.63, 3.8) is 0 Å². The molecule has 0 bridgehead atoms. The number of aromatic hydroxyl groups is 1. The third-order valence-corrected chi connectivity index (χ3v) is 3.78. The zero-order chi connectivity index (χ0) is 16.6. The number of benzene rings is 2. The zero-order valence-electron chi connectivity index (χ0n) is 11.6. The van der Waals surface area contributed by atoms with Gasteiger partial charge in [0.1, 0.15) is 5.69 Å². The van der Waals surface area contributed by atoms with Crippen molar-refractivity contribution in [3.8, 4) is 5.75 Å². The molecule has 0 saturated heterocycles. The average molecular weight is 329 g/mol. The molecule has 0 atom stereocenters. The number of hydrogen-bond acceptors (Lipinski definition) is 5. The van der Waals surface area contributed by atoms with Crippen molar-refractivity contribution in [2.45, 2.75) is 6.54 Å². The van der Waals surface area contributed by atoms with Gasteiger partial charge in [-0.15, -0.1) is 0 Å². The highest BCUT2D eigenvalue weighted by Gasteiger charge is 2.35. The monoisotopic (exact) mass is 328 g/mol. The number of hydrogen-bond donors (Lipinski definition) is 1. The summed E-state index contributed by atoms with van der Waals surface area (Å²) in [5.74, 6) is -1.17. The van der Waals surface area contributed by atoms with Crippen LogP contribution in [0.1, 0.15) is 26.3 Å². The van der Waals surface area contributed by atoms with Crippen molar-refractivity contribution in [2.75, 3.05) is 0 Å². The molecule has 0 fully saturated rings. The Bertz CT molecular complexity index is 853. The van der Waals surface area contributed by atoms with E-state index in [1.54, 1.807) is 24.3 Å². The molecular formula is C16H9ClN2O4. The van der Waals surface area contributed by atoms with Crippen molar-refractivity contribution >= 4 is 35.2 Å². The van der Waals surface area contributed by atoms with Gasteiger partial charge in [-0.25, -0.2) is 4.79 Å². The SMILES string of the molecule is O=C=Nc1cc(CN2C(=O)c3ccccc3C2=O)cc(Cl)c1O. The van der Waals surface area contributed by atoms with E-state index >= 15 is 0 Å². The van der Waals surface area contributed by atoms with Crippen molar-refractivity contribution in [1.82, 2.24) is 4.90 Å². The fourth-order valence-corrected chi connectivity index (χ4v) is 2.67. The largest absolute Gasteiger partial charge is 0.504 e. The molecule has 0 saturated carbocycles. The molecule has 7 heteroatoms. The number of rotatable bonds is 3. The number of halogens is 1. The highest BCUT2D eigenvalue weighted by molar-refractivity contribution is 6.32. The Kier molecular flexibility index (Phi) is 3.70. The molecule has 1 aliphatic rings. The summed E-state index contributed by atoms with van der Waals surface area (Å²) < 4.78 is 0. The predicted octanol–water partition coefficient (Wildman–Crippen LogP) is 2.81. The molecule has 3 rings (SSSR count). The van der Waals surface area contributed by atoms with Gasteiger partial charge in [-0.1, -0.05) is 23.7 Å². The van der Waals surface area contributed by atoms with E-state index in [0.717, 1.165) is 4.90 Å². The van der Waals surface area contributed by atoms with Crippen LogP contribution in [0.2, 0.25) is 5.02 Å². The van der Waals surface area contributed by atoms with E-state index in [4.69, 9.17) is 11.6 Å². The fourth-order valence-electron chi connectivity index (χ4n) is 2.43. The fraction of sp³-hybridized carbons (Fsp3) is 0.0625. The number of nitrogens with zero attached hydrogens (tertiary/aromatic N) is 2. The number of phenols is 1. The molecule has 0 unspecified atom stereocenters. The van der Waals surface area contributed by atoms with E-state index < -0.39 is 11.8 Å². The van der Waals surface area contributed by atoms with Crippen LogP contribution in [-0.2, 0) is 11.3 Å². The lowest BCUT2D eigenvalue weighted by atomic mass is 10.1. The summed E-state index contributed by atoms with van der Waals surface area (Å²) in [7, 11) is 0. The summed E-state index contributed by atoms with van der Waals surface area (Å²) in [5.41, 5.74) is 1.07. The van der Waals surface area contributed by atoms with E-state index in [0.29, 0.717) is 16.7 Å². The minimum absolute atomic E-state index is 0.0342. The summed E-state index contributed by atoms with van der Waals surface area (Å²) in [4.78, 5) is 39.4. The van der Waals surface area contributed by atoms with Crippen LogP contribution in [0.5, 0.6) is 5.75 Å². The number of aliphatic imine (C=N–C) groups is 1. The highest BCUT2D eigenvalue weighted by Crippen LogP contribution is 2.36. The van der Waals surface area contributed by atoms with Crippen molar-refractivity contribution in [1.29, 1.82) is 0 Å². The van der Waals surface area contributed by atoms with Crippen molar-refractivity contribution in [3.05, 3.63) is 58.1 Å². The quantitative estimate of drug-likeness (QED) is 0.533. The van der Waals surface area contributed by atoms with Gasteiger partial charge in [0.2, 0.25) is 6.08 Å². The average Bonchev–Trinajstić information content (AvgIpc) is 2.78. The second kappa shape index (κ2) is 5.68. The lowest BCUT2D eigenvalue weighted by molar-refractivity contribution is 0.0642. The number of carbonyl (C=O) groups is 2. The van der Waals surface area contributed by atoms with Crippen molar-refractivity contribution in [2.24, 2.45) is 4.99 Å². The predicted molar refractivity (Wildman–Crippen MR) is 81.5 cm³/mol. The first kappa shape index (κ1) is 15.0. The molecule has 2 amide bonds. The first-order valence-electron chi connectivity index (χ1n) is 6.57. The number of isocyanates is 1. The van der Waals surface area contributed by atoms with E-state index in [1.165, 1.54) is 18.2 Å². The van der Waals surface area contributed by atoms with Crippen LogP contribution in [0.4, 0.5) is 5.69 Å². The number of imide groups is 1. The van der Waals surface area contributed by atoms with Crippen molar-refractivity contribution < 1.29 is 19.5 Å². The van der Waals surface area contributed by atoms with Crippen LogP contribution < -0.4 is 0 Å². The van der Waals surface area contributed by atoms with Gasteiger partial charge in [0, 0.05) is 0 Å². The van der Waals surface area contributed by atoms with E-state index in [9.17, 15) is 19.5 Å². The lowest BCUT2D eigenvalue weighted by Gasteiger charge is -2.14. The molecule has 114 valence electrons. The molecule has 6 nitrogen and oxygen atoms in total. The third-order valence-electron chi connectivity index (χ3n) is 3.49. The van der Waals surface area contributed by atoms with Gasteiger partial charge in [-0.3, -0.25) is 14.5 Å². The number of phenolic OH excluding ortho intramolecular Hbond substituents is 1. The molecule has 2 aromatic rings. The molecule has 1 N–H and O–H groups in total. The van der Waals surface area contributed by atoms with Crippen LogP contribution >= 0.6 is 11.6 Å². The Balaban J connectivity index is 1.96. The number of fused-ring (bicyclic) bond motifs is 1. The van der Waals surface area contributed by atoms with Gasteiger partial charge in [0.05, 0.1) is 22.7 Å². The minimum Gasteiger partial charge on any atom is -0.504 e. The van der Waals surface area contributed by atoms with E-state index in [1.807, 2.05) is 0 Å². The normalized spacial score (nSPS) is 13.0. The lowest BCUT2D eigenvalue weighted by Crippen LogP contribution is -2.29. The van der Waals surface area contributed by atoms with Gasteiger partial charge in [0.15, 0.2) is 5.75 Å². The molecule has 1 heterocycles. The number of carbonyl (C=O) groups excluding carboxylic acids is 3. The summed E-state index contributed by atoms with van der Waals surface area (Å²) in [6.45, 7) is -0.0479. The molecule has 0 aliphatic carbocycles. The molecule has 0 spiro atoms.